The van der Waals surface area contributed by atoms with Crippen LogP contribution in [0, 0.1) is 81.8 Å². The first-order valence-corrected chi connectivity index (χ1v) is 25.0. The predicted molar refractivity (Wildman–Crippen MR) is 234 cm³/mol. The van der Waals surface area contributed by atoms with E-state index in [1.165, 1.54) is 128 Å². The highest BCUT2D eigenvalue weighted by Crippen LogP contribution is 2.61. The molecule has 312 valence electrons. The molecule has 0 spiro atoms. The Morgan fingerprint density at radius 2 is 0.611 bits per heavy atom. The van der Waals surface area contributed by atoms with E-state index in [2.05, 4.69) is 92.9 Å². The fourth-order valence-electron chi connectivity index (χ4n) is 16.1. The maximum absolute atomic E-state index is 3.49. The van der Waals surface area contributed by atoms with Crippen molar-refractivity contribution >= 4 is 0 Å². The Morgan fingerprint density at radius 1 is 0.296 bits per heavy atom. The molecule has 7 fully saturated rings. The first-order chi connectivity index (χ1) is 25.5. The van der Waals surface area contributed by atoms with Crippen molar-refractivity contribution in [1.29, 1.82) is 0 Å². The van der Waals surface area contributed by atoms with Gasteiger partial charge in [-0.15, -0.1) is 0 Å². The second-order valence-corrected chi connectivity index (χ2v) is 25.3. The molecule has 12 unspecified atom stereocenters. The van der Waals surface area contributed by atoms with Crippen molar-refractivity contribution in [1.82, 2.24) is 9.80 Å². The van der Waals surface area contributed by atoms with Gasteiger partial charge in [-0.2, -0.15) is 0 Å². The van der Waals surface area contributed by atoms with E-state index < -0.39 is 0 Å². The van der Waals surface area contributed by atoms with E-state index in [-0.39, 0.29) is 0 Å². The average molecular weight is 747 g/mol. The molecule has 0 saturated heterocycles. The summed E-state index contributed by atoms with van der Waals surface area (Å²) in [5.41, 5.74) is 0.830. The molecule has 7 aliphatic rings. The minimum atomic E-state index is 0.415. The quantitative estimate of drug-likeness (QED) is 0.267. The summed E-state index contributed by atoms with van der Waals surface area (Å²) in [6.45, 7) is 31.4. The topological polar surface area (TPSA) is 6.48 Å². The molecule has 0 aromatic carbocycles. The molecule has 54 heavy (non-hydrogen) atoms. The molecule has 0 bridgehead atoms. The highest BCUT2D eigenvalue weighted by Gasteiger charge is 2.60. The lowest BCUT2D eigenvalue weighted by Crippen LogP contribution is -2.70. The summed E-state index contributed by atoms with van der Waals surface area (Å²) in [6.07, 6.45) is 29.7. The Morgan fingerprint density at radius 3 is 0.907 bits per heavy atom. The van der Waals surface area contributed by atoms with Crippen LogP contribution in [0.15, 0.2) is 0 Å². The van der Waals surface area contributed by atoms with Crippen molar-refractivity contribution in [3.05, 3.63) is 0 Å². The fraction of sp³-hybridized carbons (Fsp3) is 1.00. The van der Waals surface area contributed by atoms with Gasteiger partial charge in [0.15, 0.2) is 0 Å². The third kappa shape index (κ3) is 9.06. The van der Waals surface area contributed by atoms with Gasteiger partial charge in [-0.05, 0) is 210 Å². The Balaban J connectivity index is 1.37. The summed E-state index contributed by atoms with van der Waals surface area (Å²) in [7, 11) is 0. The standard InChI is InChI=1S/C52H94N2/c1-33-13-19-41(20-14-33)53(43-27-35(3)25-36(4)28-43)49-45-23-17-40(52(10,11)12)32-48(45)50(46-24-18-39(31-47(46)49)51(7,8)9)54(42-21-15-34(2)16-22-42)44-29-37(5)26-38(6)30-44/h33-50H,13-32H2,1-12H3. The van der Waals surface area contributed by atoms with Crippen LogP contribution in [-0.4, -0.2) is 46.1 Å². The molecule has 0 aliphatic heterocycles. The van der Waals surface area contributed by atoms with Crippen molar-refractivity contribution in [2.24, 2.45) is 81.8 Å². The molecule has 7 aliphatic carbocycles. The van der Waals surface area contributed by atoms with Gasteiger partial charge >= 0.3 is 0 Å². The molecule has 0 radical (unpaired) electrons. The SMILES string of the molecule is CC1CCC(N(C2CC(C)CC(C)C2)C2C3CCC(C(C)(C)C)CC3C(N(C3CCC(C)CC3)C3CC(C)CC(C)C3)C3CCC(C(C)(C)C)CC32)CC1. The van der Waals surface area contributed by atoms with Gasteiger partial charge in [0.1, 0.15) is 0 Å². The van der Waals surface area contributed by atoms with E-state index in [0.29, 0.717) is 10.8 Å². The molecule has 0 aromatic rings. The average Bonchev–Trinajstić information content (AvgIpc) is 3.09. The zero-order valence-electron chi connectivity index (χ0n) is 38.4. The maximum Gasteiger partial charge on any atom is 0.0164 e. The van der Waals surface area contributed by atoms with E-state index in [0.717, 1.165) is 107 Å². The molecule has 0 amide bonds. The minimum Gasteiger partial charge on any atom is -0.294 e. The first-order valence-electron chi connectivity index (χ1n) is 25.0. The van der Waals surface area contributed by atoms with E-state index >= 15 is 0 Å². The monoisotopic (exact) mass is 747 g/mol. The smallest absolute Gasteiger partial charge is 0.0164 e. The van der Waals surface area contributed by atoms with Crippen molar-refractivity contribution in [2.75, 3.05) is 0 Å². The number of fused-ring (bicyclic) bond motifs is 2. The number of hydrogen-bond donors (Lipinski definition) is 0. The zero-order valence-corrected chi connectivity index (χ0v) is 38.4. The highest BCUT2D eigenvalue weighted by atomic mass is 15.3. The molecular weight excluding hydrogens is 653 g/mol. The van der Waals surface area contributed by atoms with Crippen LogP contribution in [0.5, 0.6) is 0 Å². The Kier molecular flexibility index (Phi) is 13.1. The van der Waals surface area contributed by atoms with Gasteiger partial charge in [0, 0.05) is 36.3 Å². The van der Waals surface area contributed by atoms with Crippen LogP contribution in [0.3, 0.4) is 0 Å². The second kappa shape index (κ2) is 16.9. The van der Waals surface area contributed by atoms with E-state index in [1.807, 2.05) is 0 Å². The summed E-state index contributed by atoms with van der Waals surface area (Å²) >= 11 is 0. The van der Waals surface area contributed by atoms with Gasteiger partial charge in [-0.25, -0.2) is 0 Å². The molecule has 7 saturated carbocycles. The van der Waals surface area contributed by atoms with Gasteiger partial charge in [-0.3, -0.25) is 9.80 Å². The van der Waals surface area contributed by atoms with Crippen LogP contribution >= 0.6 is 0 Å². The summed E-state index contributed by atoms with van der Waals surface area (Å²) < 4.78 is 0. The maximum atomic E-state index is 3.49. The Bertz CT molecular complexity index is 1070. The third-order valence-corrected chi connectivity index (χ3v) is 18.8. The largest absolute Gasteiger partial charge is 0.294 e. The van der Waals surface area contributed by atoms with Crippen LogP contribution in [0.1, 0.15) is 212 Å². The minimum absolute atomic E-state index is 0.415. The molecule has 0 aromatic heterocycles. The normalized spacial score (nSPS) is 48.3. The van der Waals surface area contributed by atoms with Gasteiger partial charge in [-0.1, -0.05) is 83.1 Å². The van der Waals surface area contributed by atoms with Crippen LogP contribution < -0.4 is 0 Å². The Hall–Kier alpha value is -0.0800. The second-order valence-electron chi connectivity index (χ2n) is 25.3. The number of nitrogens with zero attached hydrogens (tertiary/aromatic N) is 2. The van der Waals surface area contributed by atoms with Crippen molar-refractivity contribution in [3.63, 3.8) is 0 Å². The van der Waals surface area contributed by atoms with Gasteiger partial charge in [0.05, 0.1) is 0 Å². The lowest BCUT2D eigenvalue weighted by Gasteiger charge is -2.66. The number of rotatable bonds is 6. The fourth-order valence-corrected chi connectivity index (χ4v) is 16.1. The van der Waals surface area contributed by atoms with Gasteiger partial charge < -0.3 is 0 Å². The molecule has 0 heterocycles. The molecular formula is C52H94N2. The van der Waals surface area contributed by atoms with Crippen molar-refractivity contribution < 1.29 is 0 Å². The molecule has 2 heteroatoms. The summed E-state index contributed by atoms with van der Waals surface area (Å²) in [5.74, 6) is 10.7. The summed E-state index contributed by atoms with van der Waals surface area (Å²) in [6, 6.07) is 4.93. The van der Waals surface area contributed by atoms with E-state index in [1.54, 1.807) is 0 Å². The summed E-state index contributed by atoms with van der Waals surface area (Å²) in [4.78, 5) is 6.98. The third-order valence-electron chi connectivity index (χ3n) is 18.8. The van der Waals surface area contributed by atoms with Crippen molar-refractivity contribution in [2.45, 2.75) is 248 Å². The highest BCUT2D eigenvalue weighted by molar-refractivity contribution is 5.13. The van der Waals surface area contributed by atoms with E-state index in [9.17, 15) is 0 Å². The van der Waals surface area contributed by atoms with Gasteiger partial charge in [0.25, 0.3) is 0 Å². The van der Waals surface area contributed by atoms with Crippen molar-refractivity contribution in [3.8, 4) is 0 Å². The van der Waals surface area contributed by atoms with E-state index in [4.69, 9.17) is 0 Å². The molecule has 2 nitrogen and oxygen atoms in total. The van der Waals surface area contributed by atoms with Crippen LogP contribution in [-0.2, 0) is 0 Å². The molecule has 0 N–H and O–H groups in total. The van der Waals surface area contributed by atoms with Gasteiger partial charge in [0.2, 0.25) is 0 Å². The lowest BCUT2D eigenvalue weighted by molar-refractivity contribution is -0.168. The van der Waals surface area contributed by atoms with Crippen LogP contribution in [0.2, 0.25) is 0 Å². The number of hydrogen-bond acceptors (Lipinski definition) is 2. The van der Waals surface area contributed by atoms with Crippen LogP contribution in [0.4, 0.5) is 0 Å². The lowest BCUT2D eigenvalue weighted by atomic mass is 9.49. The first kappa shape index (κ1) is 42.1. The zero-order chi connectivity index (χ0) is 38.7. The Labute approximate surface area is 338 Å². The molecule has 12 atom stereocenters. The molecule has 7 rings (SSSR count). The van der Waals surface area contributed by atoms with Crippen LogP contribution in [0.25, 0.3) is 0 Å². The summed E-state index contributed by atoms with van der Waals surface area (Å²) in [5, 5.41) is 0. The predicted octanol–water partition coefficient (Wildman–Crippen LogP) is 14.3.